The number of hydrogen-bond donors (Lipinski definition) is 1. The fourth-order valence-corrected chi connectivity index (χ4v) is 4.41. The van der Waals surface area contributed by atoms with Crippen molar-refractivity contribution in [3.63, 3.8) is 0 Å². The summed E-state index contributed by atoms with van der Waals surface area (Å²) in [5.74, 6) is -0.803. The minimum Gasteiger partial charge on any atom is -0.493 e. The molecule has 202 valence electrons. The lowest BCUT2D eigenvalue weighted by Gasteiger charge is -2.18. The molecule has 4 rings (SSSR count). The van der Waals surface area contributed by atoms with E-state index < -0.39 is 23.9 Å². The van der Waals surface area contributed by atoms with E-state index in [0.717, 1.165) is 17.8 Å². The van der Waals surface area contributed by atoms with E-state index in [1.54, 1.807) is 54.6 Å². The zero-order valence-corrected chi connectivity index (χ0v) is 21.5. The summed E-state index contributed by atoms with van der Waals surface area (Å²) in [5.41, 5.74) is 1.16. The number of halogens is 3. The molecule has 12 heteroatoms. The number of alkyl halides is 3. The van der Waals surface area contributed by atoms with Crippen LogP contribution in [-0.4, -0.2) is 43.3 Å². The Labute approximate surface area is 226 Å². The molecule has 0 saturated carbocycles. The highest BCUT2D eigenvalue weighted by atomic mass is 32.2. The lowest BCUT2D eigenvalue weighted by molar-refractivity contribution is -0.274. The first-order chi connectivity index (χ1) is 18.7. The summed E-state index contributed by atoms with van der Waals surface area (Å²) in [4.78, 5) is 31.8. The maximum absolute atomic E-state index is 13.4. The smallest absolute Gasteiger partial charge is 0.493 e. The Hall–Kier alpha value is -4.45. The van der Waals surface area contributed by atoms with E-state index in [2.05, 4.69) is 15.0 Å². The van der Waals surface area contributed by atoms with Crippen LogP contribution in [-0.2, 0) is 9.59 Å². The molecule has 1 heterocycles. The van der Waals surface area contributed by atoms with Crippen molar-refractivity contribution < 1.29 is 37.0 Å². The minimum absolute atomic E-state index is 0.123. The summed E-state index contributed by atoms with van der Waals surface area (Å²) in [7, 11) is 3.01. The molecule has 0 unspecified atom stereocenters. The van der Waals surface area contributed by atoms with Gasteiger partial charge in [-0.15, -0.1) is 13.2 Å². The van der Waals surface area contributed by atoms with Gasteiger partial charge in [0, 0.05) is 0 Å². The Balaban J connectivity index is 1.56. The number of rotatable bonds is 8. The van der Waals surface area contributed by atoms with Gasteiger partial charge >= 0.3 is 6.36 Å². The van der Waals surface area contributed by atoms with Crippen LogP contribution in [0.5, 0.6) is 17.2 Å². The number of ether oxygens (including phenoxy) is 3. The minimum atomic E-state index is -4.92. The van der Waals surface area contributed by atoms with Crippen LogP contribution in [0.15, 0.2) is 83.5 Å². The standard InChI is InChI=1S/C27H22F3N3O5S/c1-36-22-13-12-17(15-23(22)37-2)14-20-25(35)33(18-8-4-3-5-9-18)26(32-20)39-16-24(34)31-19-10-6-7-11-21(19)38-27(28,29)30/h3-15H,16H2,1-2H3,(H,31,34). The number of carbonyl (C=O) groups is 2. The summed E-state index contributed by atoms with van der Waals surface area (Å²) < 4.78 is 52.7. The SMILES string of the molecule is COc1ccc(C=C2N=C(SCC(=O)Nc3ccccc3OC(F)(F)F)N(c3ccccc3)C2=O)cc1OC. The van der Waals surface area contributed by atoms with Gasteiger partial charge in [0.15, 0.2) is 22.4 Å². The Morgan fingerprint density at radius 2 is 1.67 bits per heavy atom. The Bertz CT molecular complexity index is 1430. The van der Waals surface area contributed by atoms with Crippen LogP contribution in [0.4, 0.5) is 24.5 Å². The van der Waals surface area contributed by atoms with Crippen molar-refractivity contribution in [2.45, 2.75) is 6.36 Å². The molecule has 0 atom stereocenters. The van der Waals surface area contributed by atoms with Crippen molar-refractivity contribution >= 4 is 46.2 Å². The number of para-hydroxylation sites is 3. The second-order valence-corrected chi connectivity index (χ2v) is 8.84. The Morgan fingerprint density at radius 1 is 0.974 bits per heavy atom. The number of carbonyl (C=O) groups excluding carboxylic acids is 2. The van der Waals surface area contributed by atoms with Crippen molar-refractivity contribution in [1.82, 2.24) is 0 Å². The number of hydrogen-bond acceptors (Lipinski definition) is 7. The van der Waals surface area contributed by atoms with Gasteiger partial charge in [0.05, 0.1) is 31.3 Å². The summed E-state index contributed by atoms with van der Waals surface area (Å²) in [6, 6.07) is 19.1. The van der Waals surface area contributed by atoms with Crippen LogP contribution < -0.4 is 24.4 Å². The Morgan fingerprint density at radius 3 is 2.36 bits per heavy atom. The monoisotopic (exact) mass is 557 g/mol. The van der Waals surface area contributed by atoms with Crippen LogP contribution in [0, 0.1) is 0 Å². The third-order valence-corrected chi connectivity index (χ3v) is 6.21. The van der Waals surface area contributed by atoms with Crippen LogP contribution in [0.3, 0.4) is 0 Å². The van der Waals surface area contributed by atoms with Crippen molar-refractivity contribution in [1.29, 1.82) is 0 Å². The van der Waals surface area contributed by atoms with Crippen LogP contribution >= 0.6 is 11.8 Å². The number of amides is 2. The van der Waals surface area contributed by atoms with Gasteiger partial charge in [0.25, 0.3) is 5.91 Å². The van der Waals surface area contributed by atoms with Gasteiger partial charge < -0.3 is 19.5 Å². The highest BCUT2D eigenvalue weighted by molar-refractivity contribution is 8.14. The van der Waals surface area contributed by atoms with Gasteiger partial charge in [0.1, 0.15) is 5.70 Å². The molecule has 0 saturated heterocycles. The maximum atomic E-state index is 13.4. The molecule has 0 spiro atoms. The van der Waals surface area contributed by atoms with E-state index in [-0.39, 0.29) is 22.3 Å². The summed E-state index contributed by atoms with van der Waals surface area (Å²) in [6.07, 6.45) is -3.33. The fourth-order valence-electron chi connectivity index (χ4n) is 3.60. The zero-order valence-electron chi connectivity index (χ0n) is 20.7. The molecule has 0 aromatic heterocycles. The van der Waals surface area contributed by atoms with Crippen LogP contribution in [0.1, 0.15) is 5.56 Å². The predicted octanol–water partition coefficient (Wildman–Crippen LogP) is 5.72. The van der Waals surface area contributed by atoms with Crippen molar-refractivity contribution in [3.05, 3.63) is 84.1 Å². The first-order valence-corrected chi connectivity index (χ1v) is 12.4. The van der Waals surface area contributed by atoms with E-state index in [9.17, 15) is 22.8 Å². The summed E-state index contributed by atoms with van der Waals surface area (Å²) in [5, 5.41) is 2.64. The quantitative estimate of drug-likeness (QED) is 0.357. The Kier molecular flexibility index (Phi) is 8.45. The first-order valence-electron chi connectivity index (χ1n) is 11.4. The third-order valence-electron chi connectivity index (χ3n) is 5.27. The van der Waals surface area contributed by atoms with Crippen molar-refractivity contribution in [3.8, 4) is 17.2 Å². The molecule has 2 amide bonds. The summed E-state index contributed by atoms with van der Waals surface area (Å²) >= 11 is 0.960. The van der Waals surface area contributed by atoms with E-state index in [1.165, 1.54) is 37.3 Å². The molecule has 3 aromatic carbocycles. The topological polar surface area (TPSA) is 89.5 Å². The van der Waals surface area contributed by atoms with Gasteiger partial charge in [-0.25, -0.2) is 4.99 Å². The molecular weight excluding hydrogens is 535 g/mol. The second kappa shape index (κ2) is 11.9. The summed E-state index contributed by atoms with van der Waals surface area (Å²) in [6.45, 7) is 0. The fraction of sp³-hybridized carbons (Fsp3) is 0.148. The molecule has 1 aliphatic rings. The molecule has 0 aliphatic carbocycles. The largest absolute Gasteiger partial charge is 0.573 e. The zero-order chi connectivity index (χ0) is 28.0. The number of benzene rings is 3. The number of anilines is 2. The number of nitrogens with zero attached hydrogens (tertiary/aromatic N) is 2. The highest BCUT2D eigenvalue weighted by Gasteiger charge is 2.33. The number of amidine groups is 1. The first kappa shape index (κ1) is 27.6. The second-order valence-electron chi connectivity index (χ2n) is 7.90. The molecule has 0 fully saturated rings. The van der Waals surface area contributed by atoms with Gasteiger partial charge in [-0.2, -0.15) is 0 Å². The molecule has 1 N–H and O–H groups in total. The van der Waals surface area contributed by atoms with E-state index in [0.29, 0.717) is 22.7 Å². The number of nitrogens with one attached hydrogen (secondary N) is 1. The average Bonchev–Trinajstić information content (AvgIpc) is 3.22. The normalized spacial score (nSPS) is 14.3. The van der Waals surface area contributed by atoms with Gasteiger partial charge in [-0.1, -0.05) is 48.2 Å². The van der Waals surface area contributed by atoms with E-state index >= 15 is 0 Å². The van der Waals surface area contributed by atoms with Crippen LogP contribution in [0.25, 0.3) is 6.08 Å². The number of thioether (sulfide) groups is 1. The predicted molar refractivity (Wildman–Crippen MR) is 143 cm³/mol. The number of aliphatic imine (C=N–C) groups is 1. The van der Waals surface area contributed by atoms with Crippen molar-refractivity contribution in [2.75, 3.05) is 30.2 Å². The van der Waals surface area contributed by atoms with Crippen LogP contribution in [0.2, 0.25) is 0 Å². The molecular formula is C27H22F3N3O5S. The molecule has 0 bridgehead atoms. The highest BCUT2D eigenvalue weighted by Crippen LogP contribution is 2.33. The molecule has 39 heavy (non-hydrogen) atoms. The van der Waals surface area contributed by atoms with E-state index in [4.69, 9.17) is 9.47 Å². The average molecular weight is 558 g/mol. The van der Waals surface area contributed by atoms with E-state index in [1.807, 2.05) is 0 Å². The molecule has 8 nitrogen and oxygen atoms in total. The van der Waals surface area contributed by atoms with Gasteiger partial charge in [-0.05, 0) is 48.0 Å². The van der Waals surface area contributed by atoms with Crippen molar-refractivity contribution in [2.24, 2.45) is 4.99 Å². The lowest BCUT2D eigenvalue weighted by Crippen LogP contribution is -2.31. The molecule has 0 radical (unpaired) electrons. The third kappa shape index (κ3) is 6.90. The number of methoxy groups -OCH3 is 2. The van der Waals surface area contributed by atoms with Gasteiger partial charge in [0.2, 0.25) is 5.91 Å². The van der Waals surface area contributed by atoms with Gasteiger partial charge in [-0.3, -0.25) is 14.5 Å². The molecule has 1 aliphatic heterocycles. The lowest BCUT2D eigenvalue weighted by atomic mass is 10.1. The maximum Gasteiger partial charge on any atom is 0.573 e. The molecule has 3 aromatic rings.